The van der Waals surface area contributed by atoms with E-state index >= 15 is 0 Å². The first-order chi connectivity index (χ1) is 18.2. The Balaban J connectivity index is 2.00. The van der Waals surface area contributed by atoms with Crippen LogP contribution in [-0.4, -0.2) is 31.1 Å². The molecule has 10 nitrogen and oxygen atoms in total. The van der Waals surface area contributed by atoms with Crippen LogP contribution in [0.5, 0.6) is 11.5 Å². The van der Waals surface area contributed by atoms with Gasteiger partial charge < -0.3 is 14.8 Å². The van der Waals surface area contributed by atoms with Crippen molar-refractivity contribution in [1.29, 1.82) is 5.26 Å². The highest BCUT2D eigenvalue weighted by Crippen LogP contribution is 2.36. The Bertz CT molecular complexity index is 1610. The van der Waals surface area contributed by atoms with Crippen molar-refractivity contribution in [3.05, 3.63) is 88.5 Å². The van der Waals surface area contributed by atoms with Crippen LogP contribution < -0.4 is 20.3 Å². The van der Waals surface area contributed by atoms with Gasteiger partial charge in [0.05, 0.1) is 25.1 Å². The summed E-state index contributed by atoms with van der Waals surface area (Å²) < 4.78 is 42.3. The zero-order valence-electron chi connectivity index (χ0n) is 21.2. The number of ether oxygens (including phenoxy) is 2. The standard InChI is InChI=1S/C27H27N5O5S/c1-5-37-25-23(26-29-21-12-11-19(36-4)15-22(21)38(34,35)31-26)27(33)32(14-13-17(2)3)30-24(25)20(16-28)18-9-7-6-8-10-18/h5-12,15,17,20H,1,13-14H2,2-4H3,(H,29,31). The molecule has 1 unspecified atom stereocenters. The van der Waals surface area contributed by atoms with E-state index in [4.69, 9.17) is 9.47 Å². The molecule has 0 bridgehead atoms. The molecule has 1 atom stereocenters. The van der Waals surface area contributed by atoms with Gasteiger partial charge in [0.1, 0.15) is 27.8 Å². The summed E-state index contributed by atoms with van der Waals surface area (Å²) in [6.07, 6.45) is 1.72. The molecule has 1 aromatic heterocycles. The second kappa shape index (κ2) is 10.9. The minimum atomic E-state index is -4.22. The Morgan fingerprint density at radius 1 is 1.21 bits per heavy atom. The number of methoxy groups -OCH3 is 1. The number of nitriles is 1. The van der Waals surface area contributed by atoms with Crippen molar-refractivity contribution in [3.8, 4) is 17.6 Å². The molecule has 0 radical (unpaired) electrons. The van der Waals surface area contributed by atoms with Crippen molar-refractivity contribution in [2.24, 2.45) is 10.3 Å². The summed E-state index contributed by atoms with van der Waals surface area (Å²) in [6, 6.07) is 15.6. The van der Waals surface area contributed by atoms with Crippen LogP contribution >= 0.6 is 0 Å². The van der Waals surface area contributed by atoms with Crippen LogP contribution in [-0.2, 0) is 16.6 Å². The fourth-order valence-corrected chi connectivity index (χ4v) is 5.16. The average Bonchev–Trinajstić information content (AvgIpc) is 2.89. The largest absolute Gasteiger partial charge is 0.497 e. The molecule has 196 valence electrons. The predicted octanol–water partition coefficient (Wildman–Crippen LogP) is 4.04. The Labute approximate surface area is 220 Å². The van der Waals surface area contributed by atoms with Gasteiger partial charge in [0.2, 0.25) is 0 Å². The Morgan fingerprint density at radius 2 is 1.95 bits per heavy atom. The number of nitrogens with one attached hydrogen (secondary N) is 1. The van der Waals surface area contributed by atoms with E-state index in [-0.39, 0.29) is 45.9 Å². The number of aromatic nitrogens is 2. The lowest BCUT2D eigenvalue weighted by atomic mass is 9.95. The third-order valence-corrected chi connectivity index (χ3v) is 7.28. The highest BCUT2D eigenvalue weighted by atomic mass is 32.2. The van der Waals surface area contributed by atoms with Gasteiger partial charge in [0, 0.05) is 12.6 Å². The number of benzene rings is 2. The number of hydrogen-bond acceptors (Lipinski definition) is 8. The van der Waals surface area contributed by atoms with Gasteiger partial charge in [-0.2, -0.15) is 18.8 Å². The molecule has 1 N–H and O–H groups in total. The fraction of sp³-hybridized carbons (Fsp3) is 0.259. The number of fused-ring (bicyclic) bond motifs is 1. The van der Waals surface area contributed by atoms with Gasteiger partial charge in [-0.1, -0.05) is 50.8 Å². The smallest absolute Gasteiger partial charge is 0.286 e. The van der Waals surface area contributed by atoms with E-state index in [1.807, 2.05) is 19.9 Å². The van der Waals surface area contributed by atoms with Crippen LogP contribution in [0.2, 0.25) is 0 Å². The topological polar surface area (TPSA) is 136 Å². The monoisotopic (exact) mass is 533 g/mol. The molecule has 1 aliphatic heterocycles. The number of sulfonamides is 1. The first kappa shape index (κ1) is 26.6. The van der Waals surface area contributed by atoms with E-state index in [9.17, 15) is 18.5 Å². The van der Waals surface area contributed by atoms with Crippen molar-refractivity contribution < 1.29 is 17.9 Å². The maximum atomic E-state index is 13.8. The van der Waals surface area contributed by atoms with E-state index in [0.717, 1.165) is 6.26 Å². The van der Waals surface area contributed by atoms with E-state index in [0.29, 0.717) is 17.7 Å². The quantitative estimate of drug-likeness (QED) is 0.407. The minimum absolute atomic E-state index is 0.0969. The summed E-state index contributed by atoms with van der Waals surface area (Å²) in [4.78, 5) is 13.7. The highest BCUT2D eigenvalue weighted by molar-refractivity contribution is 7.90. The average molecular weight is 534 g/mol. The van der Waals surface area contributed by atoms with Crippen LogP contribution in [0.1, 0.15) is 43.0 Å². The fourth-order valence-electron chi connectivity index (χ4n) is 4.02. The Hall–Kier alpha value is -4.43. The summed E-state index contributed by atoms with van der Waals surface area (Å²) in [5, 5.41) is 17.6. The number of nitrogens with zero attached hydrogens (tertiary/aromatic N) is 4. The zero-order chi connectivity index (χ0) is 27.4. The Kier molecular flexibility index (Phi) is 7.64. The molecule has 0 spiro atoms. The lowest BCUT2D eigenvalue weighted by molar-refractivity contribution is 0.413. The summed E-state index contributed by atoms with van der Waals surface area (Å²) in [7, 11) is -2.79. The van der Waals surface area contributed by atoms with Crippen LogP contribution in [0, 0.1) is 17.2 Å². The van der Waals surface area contributed by atoms with Gasteiger partial charge in [0.25, 0.3) is 15.6 Å². The lowest BCUT2D eigenvalue weighted by Gasteiger charge is -2.22. The number of hydrogen-bond donors (Lipinski definition) is 1. The highest BCUT2D eigenvalue weighted by Gasteiger charge is 2.33. The Morgan fingerprint density at radius 3 is 2.58 bits per heavy atom. The summed E-state index contributed by atoms with van der Waals surface area (Å²) in [5.41, 5.74) is 0.195. The summed E-state index contributed by atoms with van der Waals surface area (Å²) in [5.74, 6) is -0.664. The van der Waals surface area contributed by atoms with Gasteiger partial charge in [-0.15, -0.1) is 4.40 Å². The molecule has 3 aromatic rings. The number of rotatable bonds is 9. The zero-order valence-corrected chi connectivity index (χ0v) is 22.0. The van der Waals surface area contributed by atoms with E-state index in [2.05, 4.69) is 27.5 Å². The second-order valence-electron chi connectivity index (χ2n) is 8.96. The molecule has 2 heterocycles. The maximum Gasteiger partial charge on any atom is 0.286 e. The minimum Gasteiger partial charge on any atom is -0.497 e. The van der Waals surface area contributed by atoms with Gasteiger partial charge in [-0.25, -0.2) is 4.68 Å². The van der Waals surface area contributed by atoms with Crippen molar-refractivity contribution in [1.82, 2.24) is 9.78 Å². The third kappa shape index (κ3) is 5.17. The summed E-state index contributed by atoms with van der Waals surface area (Å²) in [6.45, 7) is 7.86. The van der Waals surface area contributed by atoms with E-state index in [1.165, 1.54) is 23.9 Å². The van der Waals surface area contributed by atoms with Crippen LogP contribution in [0.15, 0.2) is 75.5 Å². The molecule has 38 heavy (non-hydrogen) atoms. The molecular formula is C27H27N5O5S. The normalized spacial score (nSPS) is 14.4. The van der Waals surface area contributed by atoms with Crippen molar-refractivity contribution >= 4 is 21.5 Å². The second-order valence-corrected chi connectivity index (χ2v) is 10.5. The first-order valence-electron chi connectivity index (χ1n) is 11.9. The maximum absolute atomic E-state index is 13.8. The van der Waals surface area contributed by atoms with Crippen molar-refractivity contribution in [2.45, 2.75) is 37.6 Å². The van der Waals surface area contributed by atoms with Crippen LogP contribution in [0.4, 0.5) is 5.69 Å². The van der Waals surface area contributed by atoms with Gasteiger partial charge in [0.15, 0.2) is 11.6 Å². The SMILES string of the molecule is C=COc1c(C(C#N)c2ccccc2)nn(CCC(C)C)c(=O)c1C1=NS(=O)(=O)c2cc(OC)ccc2N1. The molecule has 0 saturated carbocycles. The third-order valence-electron chi connectivity index (χ3n) is 5.96. The van der Waals surface area contributed by atoms with E-state index in [1.54, 1.807) is 30.3 Å². The van der Waals surface area contributed by atoms with Gasteiger partial charge in [-0.05, 0) is 30.0 Å². The van der Waals surface area contributed by atoms with Crippen LogP contribution in [0.3, 0.4) is 0 Å². The van der Waals surface area contributed by atoms with Gasteiger partial charge in [-0.3, -0.25) is 4.79 Å². The number of amidine groups is 1. The molecule has 11 heteroatoms. The molecule has 0 amide bonds. The first-order valence-corrected chi connectivity index (χ1v) is 13.3. The molecule has 1 aliphatic rings. The van der Waals surface area contributed by atoms with E-state index < -0.39 is 21.5 Å². The number of anilines is 1. The molecule has 0 aliphatic carbocycles. The van der Waals surface area contributed by atoms with Gasteiger partial charge >= 0.3 is 0 Å². The molecule has 2 aromatic carbocycles. The predicted molar refractivity (Wildman–Crippen MR) is 143 cm³/mol. The van der Waals surface area contributed by atoms with Crippen molar-refractivity contribution in [2.75, 3.05) is 12.4 Å². The molecule has 0 saturated heterocycles. The summed E-state index contributed by atoms with van der Waals surface area (Å²) >= 11 is 0. The van der Waals surface area contributed by atoms with Crippen LogP contribution in [0.25, 0.3) is 0 Å². The molecule has 0 fully saturated rings. The molecule has 4 rings (SSSR count). The lowest BCUT2D eigenvalue weighted by Crippen LogP contribution is -2.35. The van der Waals surface area contributed by atoms with Crippen molar-refractivity contribution in [3.63, 3.8) is 0 Å². The number of aryl methyl sites for hydroxylation is 1. The molecular weight excluding hydrogens is 506 g/mol.